The third kappa shape index (κ3) is 4.49. The Morgan fingerprint density at radius 2 is 1.95 bits per heavy atom. The molecule has 0 aliphatic carbocycles. The Hall–Kier alpha value is -1.07. The van der Waals surface area contributed by atoms with Crippen LogP contribution >= 0.6 is 0 Å². The second kappa shape index (κ2) is 6.59. The summed E-state index contributed by atoms with van der Waals surface area (Å²) >= 11 is 0. The van der Waals surface area contributed by atoms with Crippen LogP contribution in [0, 0.1) is 5.92 Å². The Labute approximate surface area is 118 Å². The van der Waals surface area contributed by atoms with E-state index < -0.39 is 11.7 Å². The molecule has 0 spiro atoms. The van der Waals surface area contributed by atoms with E-state index in [0.29, 0.717) is 5.92 Å². The van der Waals surface area contributed by atoms with Gasteiger partial charge in [-0.1, -0.05) is 19.1 Å². The smallest absolute Gasteiger partial charge is 0.316 e. The summed E-state index contributed by atoms with van der Waals surface area (Å²) in [5.41, 5.74) is 0.366. The lowest BCUT2D eigenvalue weighted by Gasteiger charge is -2.28. The van der Waals surface area contributed by atoms with Gasteiger partial charge in [-0.2, -0.15) is 13.2 Å². The van der Waals surface area contributed by atoms with E-state index in [0.717, 1.165) is 44.7 Å². The predicted octanol–water partition coefficient (Wildman–Crippen LogP) is 3.14. The Kier molecular flexibility index (Phi) is 5.05. The van der Waals surface area contributed by atoms with Crippen LogP contribution in [-0.4, -0.2) is 31.1 Å². The summed E-state index contributed by atoms with van der Waals surface area (Å²) in [6.07, 6.45) is -3.17. The van der Waals surface area contributed by atoms with Gasteiger partial charge in [0.25, 0.3) is 0 Å². The van der Waals surface area contributed by atoms with E-state index in [1.54, 1.807) is 12.1 Å². The summed E-state index contributed by atoms with van der Waals surface area (Å²) in [4.78, 5) is 2.33. The molecule has 0 amide bonds. The van der Waals surface area contributed by atoms with E-state index in [2.05, 4.69) is 17.1 Å². The van der Waals surface area contributed by atoms with Gasteiger partial charge in [0, 0.05) is 13.1 Å². The van der Waals surface area contributed by atoms with E-state index in [9.17, 15) is 13.2 Å². The highest BCUT2D eigenvalue weighted by molar-refractivity contribution is 5.24. The molecule has 1 aromatic carbocycles. The normalized spacial score (nSPS) is 22.3. The van der Waals surface area contributed by atoms with Crippen molar-refractivity contribution < 1.29 is 13.2 Å². The molecule has 20 heavy (non-hydrogen) atoms. The van der Waals surface area contributed by atoms with Gasteiger partial charge in [-0.05, 0) is 49.7 Å². The fraction of sp³-hybridized carbons (Fsp3) is 0.600. The molecule has 1 atom stereocenters. The number of benzene rings is 1. The lowest BCUT2D eigenvalue weighted by atomic mass is 10.1. The van der Waals surface area contributed by atoms with Crippen LogP contribution in [0.1, 0.15) is 24.5 Å². The average Bonchev–Trinajstić information content (AvgIpc) is 2.35. The van der Waals surface area contributed by atoms with Gasteiger partial charge in [-0.3, -0.25) is 4.90 Å². The third-order valence-corrected chi connectivity index (χ3v) is 3.58. The maximum Gasteiger partial charge on any atom is 0.416 e. The average molecular weight is 286 g/mol. The van der Waals surface area contributed by atoms with E-state index >= 15 is 0 Å². The first-order chi connectivity index (χ1) is 9.45. The zero-order chi connectivity index (χ0) is 14.6. The van der Waals surface area contributed by atoms with Crippen molar-refractivity contribution in [2.24, 2.45) is 5.92 Å². The van der Waals surface area contributed by atoms with Crippen molar-refractivity contribution in [1.82, 2.24) is 10.2 Å². The van der Waals surface area contributed by atoms with Crippen molar-refractivity contribution in [1.29, 1.82) is 0 Å². The lowest BCUT2D eigenvalue weighted by molar-refractivity contribution is -0.137. The van der Waals surface area contributed by atoms with Crippen LogP contribution < -0.4 is 5.32 Å². The number of hydrogen-bond acceptors (Lipinski definition) is 2. The summed E-state index contributed by atoms with van der Waals surface area (Å²) in [6, 6.07) is 5.52. The maximum absolute atomic E-state index is 12.5. The van der Waals surface area contributed by atoms with Gasteiger partial charge in [0.15, 0.2) is 0 Å². The first kappa shape index (κ1) is 15.3. The molecule has 0 radical (unpaired) electrons. The van der Waals surface area contributed by atoms with Crippen molar-refractivity contribution in [2.75, 3.05) is 26.2 Å². The van der Waals surface area contributed by atoms with Crippen LogP contribution in [0.15, 0.2) is 24.3 Å². The molecule has 1 aliphatic rings. The molecule has 1 aliphatic heterocycles. The molecular formula is C15H21F3N2. The quantitative estimate of drug-likeness (QED) is 0.898. The van der Waals surface area contributed by atoms with E-state index in [-0.39, 0.29) is 0 Å². The summed E-state index contributed by atoms with van der Waals surface area (Å²) in [5, 5.41) is 3.39. The van der Waals surface area contributed by atoms with Crippen LogP contribution in [0.25, 0.3) is 0 Å². The molecule has 0 saturated carbocycles. The third-order valence-electron chi connectivity index (χ3n) is 3.58. The van der Waals surface area contributed by atoms with Crippen LogP contribution in [0.5, 0.6) is 0 Å². The van der Waals surface area contributed by atoms with Crippen LogP contribution in [0.2, 0.25) is 0 Å². The zero-order valence-corrected chi connectivity index (χ0v) is 11.7. The van der Waals surface area contributed by atoms with Crippen molar-refractivity contribution in [3.63, 3.8) is 0 Å². The van der Waals surface area contributed by atoms with Crippen molar-refractivity contribution in [3.05, 3.63) is 35.4 Å². The first-order valence-corrected chi connectivity index (χ1v) is 7.04. The van der Waals surface area contributed by atoms with Gasteiger partial charge in [-0.25, -0.2) is 0 Å². The standard InChI is InChI=1S/C15H21F3N2/c1-12-9-19-7-2-8-20(10-12)11-13-3-5-14(6-4-13)15(16,17)18/h3-6,12,19H,2,7-11H2,1H3. The number of nitrogens with zero attached hydrogens (tertiary/aromatic N) is 1. The van der Waals surface area contributed by atoms with Crippen molar-refractivity contribution in [2.45, 2.75) is 26.1 Å². The predicted molar refractivity (Wildman–Crippen MR) is 73.4 cm³/mol. The van der Waals surface area contributed by atoms with Gasteiger partial charge in [0.2, 0.25) is 0 Å². The summed E-state index contributed by atoms with van der Waals surface area (Å²) in [7, 11) is 0. The summed E-state index contributed by atoms with van der Waals surface area (Å²) < 4.78 is 37.5. The highest BCUT2D eigenvalue weighted by Crippen LogP contribution is 2.29. The number of rotatable bonds is 2. The van der Waals surface area contributed by atoms with Crippen LogP contribution in [0.3, 0.4) is 0 Å². The number of alkyl halides is 3. The molecule has 112 valence electrons. The minimum absolute atomic E-state index is 0.560. The molecule has 1 N–H and O–H groups in total. The molecular weight excluding hydrogens is 265 g/mol. The highest BCUT2D eigenvalue weighted by atomic mass is 19.4. The fourth-order valence-corrected chi connectivity index (χ4v) is 2.57. The zero-order valence-electron chi connectivity index (χ0n) is 11.7. The van der Waals surface area contributed by atoms with Gasteiger partial charge in [0.05, 0.1) is 5.56 Å². The minimum atomic E-state index is -4.25. The molecule has 1 aromatic rings. The minimum Gasteiger partial charge on any atom is -0.316 e. The SMILES string of the molecule is CC1CNCCCN(Cc2ccc(C(F)(F)F)cc2)C1. The molecule has 1 unspecified atom stereocenters. The highest BCUT2D eigenvalue weighted by Gasteiger charge is 2.29. The van der Waals surface area contributed by atoms with Crippen molar-refractivity contribution >= 4 is 0 Å². The number of halogens is 3. The monoisotopic (exact) mass is 286 g/mol. The molecule has 2 nitrogen and oxygen atoms in total. The van der Waals surface area contributed by atoms with E-state index in [1.165, 1.54) is 12.1 Å². The Balaban J connectivity index is 1.97. The number of hydrogen-bond donors (Lipinski definition) is 1. The fourth-order valence-electron chi connectivity index (χ4n) is 2.57. The molecule has 1 heterocycles. The van der Waals surface area contributed by atoms with Gasteiger partial charge < -0.3 is 5.32 Å². The Bertz CT molecular complexity index is 414. The Morgan fingerprint density at radius 1 is 1.25 bits per heavy atom. The molecule has 1 fully saturated rings. The van der Waals surface area contributed by atoms with Crippen LogP contribution in [0.4, 0.5) is 13.2 Å². The summed E-state index contributed by atoms with van der Waals surface area (Å²) in [5.74, 6) is 0.560. The molecule has 5 heteroatoms. The van der Waals surface area contributed by atoms with Gasteiger partial charge in [0.1, 0.15) is 0 Å². The largest absolute Gasteiger partial charge is 0.416 e. The van der Waals surface area contributed by atoms with E-state index in [4.69, 9.17) is 0 Å². The van der Waals surface area contributed by atoms with Crippen LogP contribution in [-0.2, 0) is 12.7 Å². The second-order valence-corrected chi connectivity index (χ2v) is 5.59. The van der Waals surface area contributed by atoms with Crippen molar-refractivity contribution in [3.8, 4) is 0 Å². The maximum atomic E-state index is 12.5. The topological polar surface area (TPSA) is 15.3 Å². The Morgan fingerprint density at radius 3 is 2.60 bits per heavy atom. The second-order valence-electron chi connectivity index (χ2n) is 5.59. The molecule has 1 saturated heterocycles. The van der Waals surface area contributed by atoms with Gasteiger partial charge >= 0.3 is 6.18 Å². The first-order valence-electron chi connectivity index (χ1n) is 7.04. The number of nitrogens with one attached hydrogen (secondary N) is 1. The molecule has 0 bridgehead atoms. The molecule has 0 aromatic heterocycles. The lowest BCUT2D eigenvalue weighted by Crippen LogP contribution is -2.38. The van der Waals surface area contributed by atoms with E-state index in [1.807, 2.05) is 0 Å². The van der Waals surface area contributed by atoms with Gasteiger partial charge in [-0.15, -0.1) is 0 Å². The molecule has 2 rings (SSSR count). The summed E-state index contributed by atoms with van der Waals surface area (Å²) in [6.45, 7) is 6.89.